The normalized spacial score (nSPS) is 29.7. The lowest BCUT2D eigenvalue weighted by molar-refractivity contribution is -0.149. The maximum atomic E-state index is 13.9. The van der Waals surface area contributed by atoms with Crippen LogP contribution in [0.4, 0.5) is 0 Å². The molecule has 3 aliphatic heterocycles. The number of rotatable bonds is 4. The number of hydrogen-bond donors (Lipinski definition) is 1. The summed E-state index contributed by atoms with van der Waals surface area (Å²) in [5.74, 6) is -1.15. The van der Waals surface area contributed by atoms with Gasteiger partial charge < -0.3 is 9.64 Å². The molecule has 32 heavy (non-hydrogen) atoms. The van der Waals surface area contributed by atoms with Crippen LogP contribution in [0.2, 0.25) is 0 Å². The molecule has 5 rings (SSSR count). The van der Waals surface area contributed by atoms with Crippen molar-refractivity contribution in [2.24, 2.45) is 11.8 Å². The molecule has 3 heterocycles. The number of piperidine rings is 1. The first-order valence-electron chi connectivity index (χ1n) is 11.0. The number of nitrogens with zero attached hydrogens (tertiary/aromatic N) is 2. The van der Waals surface area contributed by atoms with Gasteiger partial charge >= 0.3 is 0 Å². The monoisotopic (exact) mass is 433 g/mol. The second-order valence-electron chi connectivity index (χ2n) is 8.92. The molecule has 0 unspecified atom stereocenters. The Kier molecular flexibility index (Phi) is 5.01. The third kappa shape index (κ3) is 3.03. The molecule has 7 heteroatoms. The van der Waals surface area contributed by atoms with Gasteiger partial charge in [-0.05, 0) is 36.1 Å². The molecule has 3 fully saturated rings. The highest BCUT2D eigenvalue weighted by molar-refractivity contribution is 6.10. The molecule has 3 aliphatic rings. The Morgan fingerprint density at radius 2 is 1.75 bits per heavy atom. The van der Waals surface area contributed by atoms with Crippen molar-refractivity contribution in [2.45, 2.75) is 31.0 Å². The van der Waals surface area contributed by atoms with Crippen LogP contribution in [0.5, 0.6) is 5.75 Å². The summed E-state index contributed by atoms with van der Waals surface area (Å²) >= 11 is 0. The van der Waals surface area contributed by atoms with Crippen LogP contribution in [0.1, 0.15) is 30.0 Å². The lowest BCUT2D eigenvalue weighted by Crippen LogP contribution is -2.63. The van der Waals surface area contributed by atoms with E-state index in [4.69, 9.17) is 4.74 Å². The lowest BCUT2D eigenvalue weighted by atomic mass is 9.74. The second kappa shape index (κ2) is 7.74. The summed E-state index contributed by atoms with van der Waals surface area (Å²) in [4.78, 5) is 43.3. The van der Waals surface area contributed by atoms with E-state index in [0.29, 0.717) is 25.3 Å². The Hall–Kier alpha value is -3.19. The van der Waals surface area contributed by atoms with Crippen molar-refractivity contribution in [2.75, 3.05) is 20.7 Å². The van der Waals surface area contributed by atoms with E-state index in [2.05, 4.69) is 5.32 Å². The molecular formula is C25H27N3O4. The predicted molar refractivity (Wildman–Crippen MR) is 117 cm³/mol. The van der Waals surface area contributed by atoms with Crippen LogP contribution in [0.15, 0.2) is 54.6 Å². The average molecular weight is 434 g/mol. The predicted octanol–water partition coefficient (Wildman–Crippen LogP) is 2.13. The number of likely N-dealkylation sites (tertiary alicyclic amines) is 2. The van der Waals surface area contributed by atoms with Crippen LogP contribution < -0.4 is 10.1 Å². The second-order valence-corrected chi connectivity index (χ2v) is 8.92. The molecule has 1 spiro atoms. The number of carbonyl (C=O) groups excluding carboxylic acids is 3. The van der Waals surface area contributed by atoms with E-state index in [1.807, 2.05) is 59.5 Å². The van der Waals surface area contributed by atoms with Crippen molar-refractivity contribution < 1.29 is 19.1 Å². The Labute approximate surface area is 187 Å². The van der Waals surface area contributed by atoms with Crippen molar-refractivity contribution in [1.82, 2.24) is 15.1 Å². The highest BCUT2D eigenvalue weighted by Crippen LogP contribution is 2.51. The number of methoxy groups -OCH3 is 1. The minimum atomic E-state index is -1.07. The van der Waals surface area contributed by atoms with Crippen molar-refractivity contribution in [3.63, 3.8) is 0 Å². The molecule has 166 valence electrons. The number of ether oxygens (including phenoxy) is 1. The van der Waals surface area contributed by atoms with Crippen LogP contribution >= 0.6 is 0 Å². The van der Waals surface area contributed by atoms with Crippen LogP contribution in [0.3, 0.4) is 0 Å². The van der Waals surface area contributed by atoms with E-state index in [1.165, 1.54) is 11.9 Å². The number of carbonyl (C=O) groups is 3. The third-order valence-corrected chi connectivity index (χ3v) is 7.23. The molecular weight excluding hydrogens is 406 g/mol. The fraction of sp³-hybridized carbons (Fsp3) is 0.400. The average Bonchev–Trinajstić information content (AvgIpc) is 3.27. The molecule has 0 aromatic heterocycles. The van der Waals surface area contributed by atoms with Crippen LogP contribution in [-0.4, -0.2) is 53.8 Å². The molecule has 0 radical (unpaired) electrons. The minimum Gasteiger partial charge on any atom is -0.497 e. The Balaban J connectivity index is 1.52. The van der Waals surface area contributed by atoms with E-state index in [1.54, 1.807) is 7.11 Å². The van der Waals surface area contributed by atoms with E-state index >= 15 is 0 Å². The van der Waals surface area contributed by atoms with Gasteiger partial charge in [0.2, 0.25) is 17.7 Å². The summed E-state index contributed by atoms with van der Waals surface area (Å²) in [7, 11) is 3.13. The molecule has 7 nitrogen and oxygen atoms in total. The maximum Gasteiger partial charge on any atom is 0.244 e. The first kappa shape index (κ1) is 20.7. The fourth-order valence-corrected chi connectivity index (χ4v) is 5.66. The molecule has 3 amide bonds. The summed E-state index contributed by atoms with van der Waals surface area (Å²) in [6.07, 6.45) is 1.31. The van der Waals surface area contributed by atoms with Gasteiger partial charge in [-0.25, -0.2) is 0 Å². The first-order chi connectivity index (χ1) is 15.5. The van der Waals surface area contributed by atoms with Gasteiger partial charge in [0.05, 0.1) is 18.9 Å². The molecule has 4 atom stereocenters. The third-order valence-electron chi connectivity index (χ3n) is 7.23. The van der Waals surface area contributed by atoms with Crippen LogP contribution in [0, 0.1) is 11.8 Å². The molecule has 0 saturated carbocycles. The van der Waals surface area contributed by atoms with Gasteiger partial charge in [-0.3, -0.25) is 24.6 Å². The number of nitrogens with one attached hydrogen (secondary N) is 1. The number of benzene rings is 2. The summed E-state index contributed by atoms with van der Waals surface area (Å²) < 4.78 is 5.26. The topological polar surface area (TPSA) is 79.0 Å². The minimum absolute atomic E-state index is 0.0879. The summed E-state index contributed by atoms with van der Waals surface area (Å²) in [6, 6.07) is 16.9. The van der Waals surface area contributed by atoms with Crippen molar-refractivity contribution in [3.8, 4) is 5.75 Å². The SMILES string of the molecule is COc1ccc([C@H]2N[C@]3(CCCN(Cc4ccccc4)C3=O)[C@H]3C(=O)N(C)C(=O)[C@@H]23)cc1. The zero-order chi connectivity index (χ0) is 22.5. The van der Waals surface area contributed by atoms with Gasteiger partial charge in [-0.2, -0.15) is 0 Å². The zero-order valence-electron chi connectivity index (χ0n) is 18.3. The van der Waals surface area contributed by atoms with Crippen molar-refractivity contribution in [3.05, 3.63) is 65.7 Å². The summed E-state index contributed by atoms with van der Waals surface area (Å²) in [5.41, 5.74) is 0.854. The van der Waals surface area contributed by atoms with E-state index in [0.717, 1.165) is 17.5 Å². The summed E-state index contributed by atoms with van der Waals surface area (Å²) in [5, 5.41) is 3.51. The largest absolute Gasteiger partial charge is 0.497 e. The molecule has 0 aliphatic carbocycles. The molecule has 1 N–H and O–H groups in total. The van der Waals surface area contributed by atoms with Crippen LogP contribution in [-0.2, 0) is 20.9 Å². The first-order valence-corrected chi connectivity index (χ1v) is 11.0. The van der Waals surface area contributed by atoms with Crippen molar-refractivity contribution in [1.29, 1.82) is 0 Å². The Morgan fingerprint density at radius 1 is 1.03 bits per heavy atom. The van der Waals surface area contributed by atoms with E-state index < -0.39 is 23.4 Å². The highest BCUT2D eigenvalue weighted by atomic mass is 16.5. The van der Waals surface area contributed by atoms with Gasteiger partial charge in [0.1, 0.15) is 11.3 Å². The van der Waals surface area contributed by atoms with Gasteiger partial charge in [-0.15, -0.1) is 0 Å². The number of fused-ring (bicyclic) bond motifs is 2. The molecule has 2 aromatic rings. The van der Waals surface area contributed by atoms with Gasteiger partial charge in [0, 0.05) is 26.2 Å². The number of amides is 3. The van der Waals surface area contributed by atoms with E-state index in [9.17, 15) is 14.4 Å². The van der Waals surface area contributed by atoms with Gasteiger partial charge in [0.15, 0.2) is 0 Å². The fourth-order valence-electron chi connectivity index (χ4n) is 5.66. The van der Waals surface area contributed by atoms with Gasteiger partial charge in [-0.1, -0.05) is 42.5 Å². The molecule has 0 bridgehead atoms. The number of imide groups is 1. The molecule has 2 aromatic carbocycles. The van der Waals surface area contributed by atoms with E-state index in [-0.39, 0.29) is 17.7 Å². The Bertz CT molecular complexity index is 1050. The highest BCUT2D eigenvalue weighted by Gasteiger charge is 2.68. The van der Waals surface area contributed by atoms with Crippen molar-refractivity contribution >= 4 is 17.7 Å². The molecule has 3 saturated heterocycles. The number of hydrogen-bond acceptors (Lipinski definition) is 5. The summed E-state index contributed by atoms with van der Waals surface area (Å²) in [6.45, 7) is 1.13. The lowest BCUT2D eigenvalue weighted by Gasteiger charge is -2.42. The zero-order valence-corrected chi connectivity index (χ0v) is 18.3. The quantitative estimate of drug-likeness (QED) is 0.748. The maximum absolute atomic E-state index is 13.9. The standard InChI is InChI=1S/C25H27N3O4/c1-27-22(29)19-20(23(27)30)25(26-21(19)17-9-11-18(32-2)12-10-17)13-6-14-28(24(25)31)15-16-7-4-3-5-8-16/h3-5,7-12,19-21,26H,6,13-15H2,1-2H3/t19-,20-,21-,25-/m1/s1. The Morgan fingerprint density at radius 3 is 2.44 bits per heavy atom. The van der Waals surface area contributed by atoms with Crippen LogP contribution in [0.25, 0.3) is 0 Å². The smallest absolute Gasteiger partial charge is 0.244 e. The van der Waals surface area contributed by atoms with Gasteiger partial charge in [0.25, 0.3) is 0 Å².